The Hall–Kier alpha value is -2.76. The van der Waals surface area contributed by atoms with Crippen molar-refractivity contribution in [2.24, 2.45) is 0 Å². The molecule has 1 N–H and O–H groups in total. The molecule has 0 saturated carbocycles. The number of unbranched alkanes of at least 4 members (excludes halogenated alkanes) is 1. The average Bonchev–Trinajstić information content (AvgIpc) is 3.11. The third kappa shape index (κ3) is 2.87. The first kappa shape index (κ1) is 16.1. The number of carbonyl (C=O) groups is 2. The second-order valence-corrected chi connectivity index (χ2v) is 5.62. The number of hydrogen-bond acceptors (Lipinski definition) is 4. The maximum Gasteiger partial charge on any atom is 0.354 e. The predicted octanol–water partition coefficient (Wildman–Crippen LogP) is 3.09. The van der Waals surface area contributed by atoms with Crippen LogP contribution in [0.5, 0.6) is 0 Å². The van der Waals surface area contributed by atoms with E-state index in [0.29, 0.717) is 17.8 Å². The van der Waals surface area contributed by atoms with Gasteiger partial charge in [0.25, 0.3) is 0 Å². The lowest BCUT2D eigenvalue weighted by molar-refractivity contribution is -0.121. The molecule has 1 aromatic carbocycles. The standard InChI is InChI=1S/C18H20N2O4/c1-3-4-9-19-16(21)11-20-13(18(22)23-2)10-15-17(20)12-7-5-6-8-14(12)24-15/h5-8,10H,3-4,9,11H2,1-2H3,(H,19,21). The second kappa shape index (κ2) is 6.78. The molecular formula is C18H20N2O4. The number of nitrogens with one attached hydrogen (secondary N) is 1. The molecule has 126 valence electrons. The van der Waals surface area contributed by atoms with Crippen molar-refractivity contribution in [1.82, 2.24) is 9.88 Å². The van der Waals surface area contributed by atoms with Gasteiger partial charge in [-0.05, 0) is 18.6 Å². The highest BCUT2D eigenvalue weighted by molar-refractivity contribution is 6.07. The van der Waals surface area contributed by atoms with Gasteiger partial charge in [-0.2, -0.15) is 0 Å². The van der Waals surface area contributed by atoms with Crippen LogP contribution < -0.4 is 5.32 Å². The average molecular weight is 328 g/mol. The van der Waals surface area contributed by atoms with Crippen LogP contribution in [0.1, 0.15) is 30.3 Å². The molecule has 2 heterocycles. The number of rotatable bonds is 6. The van der Waals surface area contributed by atoms with E-state index in [2.05, 4.69) is 12.2 Å². The molecule has 0 bridgehead atoms. The molecule has 0 radical (unpaired) electrons. The van der Waals surface area contributed by atoms with Crippen molar-refractivity contribution in [3.8, 4) is 0 Å². The van der Waals surface area contributed by atoms with Gasteiger partial charge in [0.2, 0.25) is 5.91 Å². The number of furan rings is 1. The highest BCUT2D eigenvalue weighted by Crippen LogP contribution is 2.31. The maximum atomic E-state index is 12.2. The number of amides is 1. The summed E-state index contributed by atoms with van der Waals surface area (Å²) in [6.45, 7) is 2.73. The van der Waals surface area contributed by atoms with E-state index in [-0.39, 0.29) is 12.5 Å². The van der Waals surface area contributed by atoms with E-state index in [4.69, 9.17) is 9.15 Å². The van der Waals surface area contributed by atoms with Crippen LogP contribution in [0.15, 0.2) is 34.7 Å². The smallest absolute Gasteiger partial charge is 0.354 e. The van der Waals surface area contributed by atoms with Gasteiger partial charge in [0, 0.05) is 18.0 Å². The number of aromatic nitrogens is 1. The molecule has 3 aromatic rings. The number of esters is 1. The molecule has 6 nitrogen and oxygen atoms in total. The van der Waals surface area contributed by atoms with Gasteiger partial charge in [0.1, 0.15) is 17.8 Å². The Morgan fingerprint density at radius 1 is 1.25 bits per heavy atom. The fraction of sp³-hybridized carbons (Fsp3) is 0.333. The van der Waals surface area contributed by atoms with Crippen LogP contribution in [0.3, 0.4) is 0 Å². The Kier molecular flexibility index (Phi) is 4.55. The second-order valence-electron chi connectivity index (χ2n) is 5.62. The monoisotopic (exact) mass is 328 g/mol. The molecule has 24 heavy (non-hydrogen) atoms. The van der Waals surface area contributed by atoms with E-state index < -0.39 is 5.97 Å². The predicted molar refractivity (Wildman–Crippen MR) is 91.0 cm³/mol. The molecule has 0 aliphatic heterocycles. The number of fused-ring (bicyclic) bond motifs is 3. The lowest BCUT2D eigenvalue weighted by Crippen LogP contribution is -2.29. The van der Waals surface area contributed by atoms with E-state index in [9.17, 15) is 9.59 Å². The van der Waals surface area contributed by atoms with Crippen molar-refractivity contribution < 1.29 is 18.7 Å². The van der Waals surface area contributed by atoms with Crippen LogP contribution >= 0.6 is 0 Å². The lowest BCUT2D eigenvalue weighted by atomic mass is 10.2. The van der Waals surface area contributed by atoms with Gasteiger partial charge in [0.15, 0.2) is 5.58 Å². The van der Waals surface area contributed by atoms with E-state index in [1.807, 2.05) is 24.3 Å². The van der Waals surface area contributed by atoms with Crippen LogP contribution in [0.4, 0.5) is 0 Å². The molecule has 0 aliphatic rings. The summed E-state index contributed by atoms with van der Waals surface area (Å²) >= 11 is 0. The highest BCUT2D eigenvalue weighted by atomic mass is 16.5. The minimum Gasteiger partial charge on any atom is -0.464 e. The Bertz CT molecular complexity index is 891. The van der Waals surface area contributed by atoms with Gasteiger partial charge in [-0.3, -0.25) is 4.79 Å². The Morgan fingerprint density at radius 2 is 2.04 bits per heavy atom. The number of ether oxygens (including phenoxy) is 1. The molecule has 3 rings (SSSR count). The molecule has 0 atom stereocenters. The fourth-order valence-corrected chi connectivity index (χ4v) is 2.79. The van der Waals surface area contributed by atoms with Gasteiger partial charge in [0.05, 0.1) is 12.6 Å². The zero-order chi connectivity index (χ0) is 17.1. The molecule has 2 aromatic heterocycles. The van der Waals surface area contributed by atoms with Crippen molar-refractivity contribution >= 4 is 33.9 Å². The summed E-state index contributed by atoms with van der Waals surface area (Å²) in [5.74, 6) is -0.636. The molecular weight excluding hydrogens is 308 g/mol. The van der Waals surface area contributed by atoms with E-state index in [1.165, 1.54) is 7.11 Å². The maximum absolute atomic E-state index is 12.2. The summed E-state index contributed by atoms with van der Waals surface area (Å²) in [6.07, 6.45) is 1.93. The van der Waals surface area contributed by atoms with Crippen LogP contribution in [-0.4, -0.2) is 30.1 Å². The third-order valence-corrected chi connectivity index (χ3v) is 3.97. The number of methoxy groups -OCH3 is 1. The van der Waals surface area contributed by atoms with Crippen LogP contribution in [-0.2, 0) is 16.1 Å². The normalized spacial score (nSPS) is 11.1. The molecule has 0 fully saturated rings. The Balaban J connectivity index is 2.04. The van der Waals surface area contributed by atoms with Gasteiger partial charge in [-0.1, -0.05) is 25.5 Å². The summed E-state index contributed by atoms with van der Waals surface area (Å²) < 4.78 is 12.3. The van der Waals surface area contributed by atoms with Crippen LogP contribution in [0, 0.1) is 0 Å². The summed E-state index contributed by atoms with van der Waals surface area (Å²) in [5, 5.41) is 3.73. The van der Waals surface area contributed by atoms with Crippen LogP contribution in [0.25, 0.3) is 22.1 Å². The first-order chi connectivity index (χ1) is 11.7. The van der Waals surface area contributed by atoms with E-state index >= 15 is 0 Å². The van der Waals surface area contributed by atoms with Crippen molar-refractivity contribution in [2.45, 2.75) is 26.3 Å². The molecule has 0 spiro atoms. The van der Waals surface area contributed by atoms with E-state index in [0.717, 1.165) is 29.3 Å². The van der Waals surface area contributed by atoms with Gasteiger partial charge in [-0.25, -0.2) is 4.79 Å². The minimum absolute atomic E-state index is 0.0428. The van der Waals surface area contributed by atoms with E-state index in [1.54, 1.807) is 10.6 Å². The topological polar surface area (TPSA) is 73.5 Å². The van der Waals surface area contributed by atoms with Crippen molar-refractivity contribution in [2.75, 3.05) is 13.7 Å². The zero-order valence-electron chi connectivity index (χ0n) is 13.8. The molecule has 6 heteroatoms. The quantitative estimate of drug-likeness (QED) is 0.557. The molecule has 1 amide bonds. The first-order valence-electron chi connectivity index (χ1n) is 8.01. The number of benzene rings is 1. The highest BCUT2D eigenvalue weighted by Gasteiger charge is 2.22. The molecule has 0 aliphatic carbocycles. The Labute approximate surface area is 139 Å². The van der Waals surface area contributed by atoms with Crippen molar-refractivity contribution in [3.63, 3.8) is 0 Å². The minimum atomic E-state index is -0.494. The summed E-state index contributed by atoms with van der Waals surface area (Å²) in [6, 6.07) is 9.18. The summed E-state index contributed by atoms with van der Waals surface area (Å²) in [4.78, 5) is 24.3. The summed E-state index contributed by atoms with van der Waals surface area (Å²) in [7, 11) is 1.32. The van der Waals surface area contributed by atoms with Gasteiger partial charge < -0.3 is 19.0 Å². The third-order valence-electron chi connectivity index (χ3n) is 3.97. The van der Waals surface area contributed by atoms with Gasteiger partial charge in [-0.15, -0.1) is 0 Å². The fourth-order valence-electron chi connectivity index (χ4n) is 2.79. The van der Waals surface area contributed by atoms with Crippen molar-refractivity contribution in [3.05, 3.63) is 36.0 Å². The molecule has 0 unspecified atom stereocenters. The number of hydrogen-bond donors (Lipinski definition) is 1. The lowest BCUT2D eigenvalue weighted by Gasteiger charge is -2.09. The van der Waals surface area contributed by atoms with Gasteiger partial charge >= 0.3 is 5.97 Å². The van der Waals surface area contributed by atoms with Crippen LogP contribution in [0.2, 0.25) is 0 Å². The first-order valence-corrected chi connectivity index (χ1v) is 8.01. The number of nitrogens with zero attached hydrogens (tertiary/aromatic N) is 1. The van der Waals surface area contributed by atoms with Crippen molar-refractivity contribution in [1.29, 1.82) is 0 Å². The largest absolute Gasteiger partial charge is 0.464 e. The Morgan fingerprint density at radius 3 is 2.79 bits per heavy atom. The number of para-hydroxylation sites is 1. The molecule has 0 saturated heterocycles. The number of carbonyl (C=O) groups excluding carboxylic acids is 2. The summed E-state index contributed by atoms with van der Waals surface area (Å²) in [5.41, 5.74) is 2.33. The SMILES string of the molecule is CCCCNC(=O)Cn1c(C(=O)OC)cc2oc3ccccc3c21. The zero-order valence-corrected chi connectivity index (χ0v) is 13.8.